The van der Waals surface area contributed by atoms with E-state index in [2.05, 4.69) is 5.32 Å². The van der Waals surface area contributed by atoms with Crippen LogP contribution in [0.1, 0.15) is 24.1 Å². The van der Waals surface area contributed by atoms with Crippen LogP contribution in [0.2, 0.25) is 0 Å². The molecule has 0 aliphatic carbocycles. The fourth-order valence-electron chi connectivity index (χ4n) is 2.33. The highest BCUT2D eigenvalue weighted by Crippen LogP contribution is 2.23. The first kappa shape index (κ1) is 13.5. The van der Waals surface area contributed by atoms with E-state index in [-0.39, 0.29) is 18.0 Å². The Morgan fingerprint density at radius 2 is 2.22 bits per heavy atom. The summed E-state index contributed by atoms with van der Waals surface area (Å²) in [7, 11) is 0. The molecule has 0 aromatic heterocycles. The van der Waals surface area contributed by atoms with Gasteiger partial charge in [0.05, 0.1) is 25.9 Å². The molecule has 3 nitrogen and oxygen atoms in total. The second kappa shape index (κ2) is 6.27. The lowest BCUT2D eigenvalue weighted by molar-refractivity contribution is -0.102. The smallest absolute Gasteiger partial charge is 0.123 e. The van der Waals surface area contributed by atoms with Crippen LogP contribution in [0.15, 0.2) is 18.2 Å². The third-order valence-corrected chi connectivity index (χ3v) is 3.06. The average Bonchev–Trinajstić information content (AvgIpc) is 2.36. The van der Waals surface area contributed by atoms with E-state index in [1.165, 1.54) is 6.07 Å². The SMILES string of the molecule is CCNC(c1cc(C)cc(F)c1)C1COCCO1. The van der Waals surface area contributed by atoms with Gasteiger partial charge in [0.25, 0.3) is 0 Å². The molecule has 18 heavy (non-hydrogen) atoms. The summed E-state index contributed by atoms with van der Waals surface area (Å²) in [5.74, 6) is -0.204. The predicted molar refractivity (Wildman–Crippen MR) is 68.1 cm³/mol. The van der Waals surface area contributed by atoms with E-state index in [1.807, 2.05) is 19.9 Å². The number of likely N-dealkylation sites (N-methyl/N-ethyl adjacent to an activating group) is 1. The van der Waals surface area contributed by atoms with Crippen LogP contribution in [0.4, 0.5) is 4.39 Å². The third kappa shape index (κ3) is 3.28. The number of hydrogen-bond donors (Lipinski definition) is 1. The molecule has 2 rings (SSSR count). The van der Waals surface area contributed by atoms with E-state index >= 15 is 0 Å². The van der Waals surface area contributed by atoms with Gasteiger partial charge in [-0.2, -0.15) is 0 Å². The molecule has 1 aliphatic heterocycles. The van der Waals surface area contributed by atoms with Crippen molar-refractivity contribution in [1.82, 2.24) is 5.32 Å². The first-order valence-corrected chi connectivity index (χ1v) is 6.40. The summed E-state index contributed by atoms with van der Waals surface area (Å²) in [6.45, 7) is 6.52. The number of rotatable bonds is 4. The quantitative estimate of drug-likeness (QED) is 0.892. The summed E-state index contributed by atoms with van der Waals surface area (Å²) < 4.78 is 24.6. The molecular weight excluding hydrogens is 233 g/mol. The van der Waals surface area contributed by atoms with Gasteiger partial charge in [-0.25, -0.2) is 4.39 Å². The highest BCUT2D eigenvalue weighted by Gasteiger charge is 2.26. The molecule has 100 valence electrons. The molecule has 1 N–H and O–H groups in total. The van der Waals surface area contributed by atoms with Gasteiger partial charge in [0, 0.05) is 0 Å². The van der Waals surface area contributed by atoms with E-state index in [0.717, 1.165) is 17.7 Å². The van der Waals surface area contributed by atoms with Crippen molar-refractivity contribution in [3.63, 3.8) is 0 Å². The maximum atomic E-state index is 13.5. The number of hydrogen-bond acceptors (Lipinski definition) is 3. The Balaban J connectivity index is 2.22. The molecule has 1 heterocycles. The number of aryl methyl sites for hydroxylation is 1. The zero-order chi connectivity index (χ0) is 13.0. The van der Waals surface area contributed by atoms with Gasteiger partial charge in [-0.3, -0.25) is 0 Å². The monoisotopic (exact) mass is 253 g/mol. The summed E-state index contributed by atoms with van der Waals surface area (Å²) in [5.41, 5.74) is 1.84. The molecule has 0 amide bonds. The molecule has 0 bridgehead atoms. The molecular formula is C14H20FNO2. The fourth-order valence-corrected chi connectivity index (χ4v) is 2.33. The Labute approximate surface area is 107 Å². The second-order valence-corrected chi connectivity index (χ2v) is 4.58. The third-order valence-electron chi connectivity index (χ3n) is 3.06. The average molecular weight is 253 g/mol. The molecule has 0 saturated carbocycles. The first-order chi connectivity index (χ1) is 8.70. The Bertz CT molecular complexity index is 371. The van der Waals surface area contributed by atoms with Gasteiger partial charge in [-0.1, -0.05) is 13.0 Å². The maximum Gasteiger partial charge on any atom is 0.123 e. The van der Waals surface area contributed by atoms with E-state index in [1.54, 1.807) is 6.07 Å². The van der Waals surface area contributed by atoms with Crippen molar-refractivity contribution in [1.29, 1.82) is 0 Å². The van der Waals surface area contributed by atoms with Crippen LogP contribution in [0.25, 0.3) is 0 Å². The zero-order valence-corrected chi connectivity index (χ0v) is 10.9. The standard InChI is InChI=1S/C14H20FNO2/c1-3-16-14(13-9-17-4-5-18-13)11-6-10(2)7-12(15)8-11/h6-8,13-14,16H,3-5,9H2,1-2H3. The summed E-state index contributed by atoms with van der Waals surface area (Å²) in [5, 5.41) is 3.35. The highest BCUT2D eigenvalue weighted by atomic mass is 19.1. The van der Waals surface area contributed by atoms with E-state index in [4.69, 9.17) is 9.47 Å². The van der Waals surface area contributed by atoms with E-state index in [9.17, 15) is 4.39 Å². The maximum absolute atomic E-state index is 13.5. The van der Waals surface area contributed by atoms with Crippen LogP contribution in [-0.2, 0) is 9.47 Å². The number of nitrogens with one attached hydrogen (secondary N) is 1. The van der Waals surface area contributed by atoms with E-state index < -0.39 is 0 Å². The van der Waals surface area contributed by atoms with Crippen LogP contribution in [-0.4, -0.2) is 32.5 Å². The molecule has 1 aliphatic rings. The van der Waals surface area contributed by atoms with Crippen molar-refractivity contribution >= 4 is 0 Å². The number of halogens is 1. The van der Waals surface area contributed by atoms with Crippen LogP contribution < -0.4 is 5.32 Å². The summed E-state index contributed by atoms with van der Waals surface area (Å²) in [6.07, 6.45) is -0.0556. The van der Waals surface area contributed by atoms with Crippen LogP contribution in [0, 0.1) is 12.7 Å². The normalized spacial score (nSPS) is 21.8. The lowest BCUT2D eigenvalue weighted by atomic mass is 9.99. The van der Waals surface area contributed by atoms with Gasteiger partial charge in [-0.05, 0) is 36.7 Å². The minimum Gasteiger partial charge on any atom is -0.376 e. The van der Waals surface area contributed by atoms with Gasteiger partial charge in [0.15, 0.2) is 0 Å². The minimum atomic E-state index is -0.204. The fraction of sp³-hybridized carbons (Fsp3) is 0.571. The molecule has 0 radical (unpaired) electrons. The molecule has 1 aromatic carbocycles. The minimum absolute atomic E-state index is 0.0234. The van der Waals surface area contributed by atoms with Crippen molar-refractivity contribution in [2.45, 2.75) is 26.0 Å². The van der Waals surface area contributed by atoms with Gasteiger partial charge in [0.2, 0.25) is 0 Å². The molecule has 2 unspecified atom stereocenters. The van der Waals surface area contributed by atoms with Crippen molar-refractivity contribution in [3.05, 3.63) is 35.1 Å². The van der Waals surface area contributed by atoms with Crippen LogP contribution >= 0.6 is 0 Å². The lowest BCUT2D eigenvalue weighted by Crippen LogP contribution is -2.40. The van der Waals surface area contributed by atoms with Crippen molar-refractivity contribution < 1.29 is 13.9 Å². The van der Waals surface area contributed by atoms with Gasteiger partial charge in [0.1, 0.15) is 11.9 Å². The predicted octanol–water partition coefficient (Wildman–Crippen LogP) is 2.20. The van der Waals surface area contributed by atoms with Crippen molar-refractivity contribution in [2.24, 2.45) is 0 Å². The highest BCUT2D eigenvalue weighted by molar-refractivity contribution is 5.27. The van der Waals surface area contributed by atoms with Crippen molar-refractivity contribution in [3.8, 4) is 0 Å². The lowest BCUT2D eigenvalue weighted by Gasteiger charge is -2.31. The summed E-state index contributed by atoms with van der Waals surface area (Å²) >= 11 is 0. The van der Waals surface area contributed by atoms with Crippen LogP contribution in [0.5, 0.6) is 0 Å². The molecule has 1 fully saturated rings. The Hall–Kier alpha value is -0.970. The molecule has 1 aromatic rings. The molecule has 0 spiro atoms. The number of ether oxygens (including phenoxy) is 2. The molecule has 2 atom stereocenters. The largest absolute Gasteiger partial charge is 0.376 e. The van der Waals surface area contributed by atoms with Gasteiger partial charge >= 0.3 is 0 Å². The molecule has 4 heteroatoms. The Morgan fingerprint density at radius 3 is 2.83 bits per heavy atom. The second-order valence-electron chi connectivity index (χ2n) is 4.58. The summed E-state index contributed by atoms with van der Waals surface area (Å²) in [6, 6.07) is 5.07. The Kier molecular flexibility index (Phi) is 4.69. The van der Waals surface area contributed by atoms with Gasteiger partial charge < -0.3 is 14.8 Å². The molecule has 1 saturated heterocycles. The van der Waals surface area contributed by atoms with Crippen LogP contribution in [0.3, 0.4) is 0 Å². The van der Waals surface area contributed by atoms with Crippen molar-refractivity contribution in [2.75, 3.05) is 26.4 Å². The number of benzene rings is 1. The van der Waals surface area contributed by atoms with Gasteiger partial charge in [-0.15, -0.1) is 0 Å². The van der Waals surface area contributed by atoms with E-state index in [0.29, 0.717) is 19.8 Å². The zero-order valence-electron chi connectivity index (χ0n) is 10.9. The first-order valence-electron chi connectivity index (χ1n) is 6.40. The summed E-state index contributed by atoms with van der Waals surface area (Å²) in [4.78, 5) is 0. The topological polar surface area (TPSA) is 30.5 Å². The Morgan fingerprint density at radius 1 is 1.39 bits per heavy atom.